The van der Waals surface area contributed by atoms with Crippen LogP contribution in [0.4, 0.5) is 0 Å². The predicted molar refractivity (Wildman–Crippen MR) is 89.5 cm³/mol. The molecule has 0 fully saturated rings. The molecule has 3 rings (SSSR count). The summed E-state index contributed by atoms with van der Waals surface area (Å²) >= 11 is 0. The van der Waals surface area contributed by atoms with Crippen LogP contribution in [0.15, 0.2) is 41.7 Å². The third-order valence-electron chi connectivity index (χ3n) is 3.33. The van der Waals surface area contributed by atoms with Gasteiger partial charge >= 0.3 is 0 Å². The number of benzene rings is 1. The number of H-pyrrole nitrogens is 1. The molecule has 1 aromatic carbocycles. The smallest absolute Gasteiger partial charge is 0.197 e. The van der Waals surface area contributed by atoms with E-state index in [1.807, 2.05) is 18.2 Å². The fraction of sp³-hybridized carbons (Fsp3) is 0.250. The minimum Gasteiger partial charge on any atom is -0.497 e. The number of hydrogen-bond acceptors (Lipinski definition) is 6. The Morgan fingerprint density at radius 3 is 2.92 bits per heavy atom. The van der Waals surface area contributed by atoms with E-state index in [1.54, 1.807) is 25.4 Å². The highest BCUT2D eigenvalue weighted by molar-refractivity contribution is 7.84. The average Bonchev–Trinajstić information content (AvgIpc) is 3.04. The zero-order valence-electron chi connectivity index (χ0n) is 13.3. The van der Waals surface area contributed by atoms with Crippen LogP contribution in [-0.4, -0.2) is 40.2 Å². The van der Waals surface area contributed by atoms with E-state index in [4.69, 9.17) is 14.2 Å². The van der Waals surface area contributed by atoms with Gasteiger partial charge in [0, 0.05) is 19.4 Å². The second kappa shape index (κ2) is 7.41. The molecule has 24 heavy (non-hydrogen) atoms. The standard InChI is InChI=1S/C16H17N3O4S/c1-21-10-23-15-4-3-7-17-14(15)9-24(20)16-18-12-6-5-11(22-2)8-13(12)19-16/h3-8H,9-10H2,1-2H3,(H,18,19). The molecule has 2 heterocycles. The van der Waals surface area contributed by atoms with Crippen molar-refractivity contribution >= 4 is 21.8 Å². The second-order valence-electron chi connectivity index (χ2n) is 4.91. The Morgan fingerprint density at radius 1 is 1.25 bits per heavy atom. The molecule has 3 aromatic rings. The van der Waals surface area contributed by atoms with Crippen molar-refractivity contribution < 1.29 is 18.4 Å². The summed E-state index contributed by atoms with van der Waals surface area (Å²) < 4.78 is 28.1. The Bertz CT molecular complexity index is 865. The summed E-state index contributed by atoms with van der Waals surface area (Å²) in [6.45, 7) is 0.107. The van der Waals surface area contributed by atoms with Crippen LogP contribution in [0, 0.1) is 0 Å². The SMILES string of the molecule is COCOc1cccnc1CS(=O)c1nc2ccc(OC)cc2[nH]1. The van der Waals surface area contributed by atoms with Crippen molar-refractivity contribution in [2.45, 2.75) is 10.9 Å². The van der Waals surface area contributed by atoms with Crippen LogP contribution in [0.3, 0.4) is 0 Å². The maximum atomic E-state index is 12.6. The first-order chi connectivity index (χ1) is 11.7. The molecule has 0 bridgehead atoms. The molecule has 0 spiro atoms. The van der Waals surface area contributed by atoms with Gasteiger partial charge in [0.05, 0.1) is 40.4 Å². The minimum atomic E-state index is -1.38. The van der Waals surface area contributed by atoms with Crippen LogP contribution < -0.4 is 9.47 Å². The third-order valence-corrected chi connectivity index (χ3v) is 4.49. The molecule has 0 radical (unpaired) electrons. The molecular weight excluding hydrogens is 330 g/mol. The van der Waals surface area contributed by atoms with E-state index in [2.05, 4.69) is 15.0 Å². The lowest BCUT2D eigenvalue weighted by Gasteiger charge is -2.08. The molecule has 1 unspecified atom stereocenters. The molecule has 1 atom stereocenters. The normalized spacial score (nSPS) is 12.2. The van der Waals surface area contributed by atoms with Gasteiger partial charge in [-0.2, -0.15) is 0 Å². The quantitative estimate of drug-likeness (QED) is 0.660. The van der Waals surface area contributed by atoms with Crippen molar-refractivity contribution in [3.63, 3.8) is 0 Å². The zero-order valence-corrected chi connectivity index (χ0v) is 14.1. The zero-order chi connectivity index (χ0) is 16.9. The molecule has 8 heteroatoms. The van der Waals surface area contributed by atoms with Gasteiger partial charge in [0.25, 0.3) is 0 Å². The van der Waals surface area contributed by atoms with E-state index >= 15 is 0 Å². The van der Waals surface area contributed by atoms with Gasteiger partial charge in [-0.1, -0.05) is 0 Å². The summed E-state index contributed by atoms with van der Waals surface area (Å²) in [4.78, 5) is 11.7. The van der Waals surface area contributed by atoms with Crippen molar-refractivity contribution in [2.24, 2.45) is 0 Å². The first-order valence-electron chi connectivity index (χ1n) is 7.19. The fourth-order valence-electron chi connectivity index (χ4n) is 2.18. The summed E-state index contributed by atoms with van der Waals surface area (Å²) in [5, 5.41) is 0.390. The lowest BCUT2D eigenvalue weighted by Crippen LogP contribution is -2.06. The number of rotatable bonds is 7. The van der Waals surface area contributed by atoms with Crippen molar-refractivity contribution in [3.8, 4) is 11.5 Å². The minimum absolute atomic E-state index is 0.107. The van der Waals surface area contributed by atoms with Gasteiger partial charge in [0.1, 0.15) is 11.5 Å². The van der Waals surface area contributed by atoms with Crippen LogP contribution in [0.2, 0.25) is 0 Å². The molecular formula is C16H17N3O4S. The summed E-state index contributed by atoms with van der Waals surface area (Å²) in [6, 6.07) is 8.97. The van der Waals surface area contributed by atoms with Crippen molar-refractivity contribution in [2.75, 3.05) is 21.0 Å². The molecule has 0 amide bonds. The molecule has 2 aromatic heterocycles. The molecule has 7 nitrogen and oxygen atoms in total. The Kier molecular flexibility index (Phi) is 5.07. The first-order valence-corrected chi connectivity index (χ1v) is 8.51. The van der Waals surface area contributed by atoms with Gasteiger partial charge in [-0.05, 0) is 24.3 Å². The van der Waals surface area contributed by atoms with E-state index in [0.29, 0.717) is 22.3 Å². The number of ether oxygens (including phenoxy) is 3. The average molecular weight is 347 g/mol. The van der Waals surface area contributed by atoms with E-state index in [-0.39, 0.29) is 12.5 Å². The van der Waals surface area contributed by atoms with Crippen LogP contribution in [0.1, 0.15) is 5.69 Å². The number of imidazole rings is 1. The summed E-state index contributed by atoms with van der Waals surface area (Å²) in [7, 11) is 1.75. The van der Waals surface area contributed by atoms with Gasteiger partial charge in [-0.25, -0.2) is 4.98 Å². The number of nitrogens with one attached hydrogen (secondary N) is 1. The van der Waals surface area contributed by atoms with Crippen LogP contribution in [-0.2, 0) is 21.3 Å². The number of methoxy groups -OCH3 is 2. The largest absolute Gasteiger partial charge is 0.497 e. The Hall–Kier alpha value is -2.45. The molecule has 1 N–H and O–H groups in total. The highest BCUT2D eigenvalue weighted by Gasteiger charge is 2.15. The lowest BCUT2D eigenvalue weighted by molar-refractivity contribution is 0.0502. The summed E-state index contributed by atoms with van der Waals surface area (Å²) in [5.41, 5.74) is 2.09. The van der Waals surface area contributed by atoms with Gasteiger partial charge in [-0.15, -0.1) is 0 Å². The maximum absolute atomic E-state index is 12.6. The lowest BCUT2D eigenvalue weighted by atomic mass is 10.3. The van der Waals surface area contributed by atoms with Gasteiger partial charge in [0.15, 0.2) is 11.9 Å². The van der Waals surface area contributed by atoms with Crippen molar-refractivity contribution in [1.82, 2.24) is 15.0 Å². The molecule has 0 aliphatic carbocycles. The molecule has 0 aliphatic rings. The Balaban J connectivity index is 1.82. The predicted octanol–water partition coefficient (Wildman–Crippen LogP) is 2.26. The van der Waals surface area contributed by atoms with Gasteiger partial charge in [-0.3, -0.25) is 9.19 Å². The first kappa shape index (κ1) is 16.4. The number of pyridine rings is 1. The fourth-order valence-corrected chi connectivity index (χ4v) is 3.20. The van der Waals surface area contributed by atoms with E-state index in [0.717, 1.165) is 11.0 Å². The van der Waals surface area contributed by atoms with Gasteiger partial charge in [0.2, 0.25) is 0 Å². The highest BCUT2D eigenvalue weighted by atomic mass is 32.2. The monoisotopic (exact) mass is 347 g/mol. The number of aromatic nitrogens is 3. The topological polar surface area (TPSA) is 86.3 Å². The summed E-state index contributed by atoms with van der Waals surface area (Å²) in [6.07, 6.45) is 1.63. The van der Waals surface area contributed by atoms with Crippen molar-refractivity contribution in [3.05, 3.63) is 42.2 Å². The Morgan fingerprint density at radius 2 is 2.12 bits per heavy atom. The highest BCUT2D eigenvalue weighted by Crippen LogP contribution is 2.22. The van der Waals surface area contributed by atoms with E-state index in [9.17, 15) is 4.21 Å². The number of hydrogen-bond donors (Lipinski definition) is 1. The van der Waals surface area contributed by atoms with E-state index in [1.165, 1.54) is 7.11 Å². The van der Waals surface area contributed by atoms with Gasteiger partial charge < -0.3 is 19.2 Å². The molecule has 126 valence electrons. The number of nitrogens with zero attached hydrogens (tertiary/aromatic N) is 2. The molecule has 0 saturated carbocycles. The molecule has 0 aliphatic heterocycles. The Labute approximate surface area is 141 Å². The third kappa shape index (κ3) is 3.55. The van der Waals surface area contributed by atoms with Crippen LogP contribution >= 0.6 is 0 Å². The van der Waals surface area contributed by atoms with Crippen LogP contribution in [0.25, 0.3) is 11.0 Å². The summed E-state index contributed by atoms with van der Waals surface area (Å²) in [5.74, 6) is 1.45. The van der Waals surface area contributed by atoms with Crippen LogP contribution in [0.5, 0.6) is 11.5 Å². The number of fused-ring (bicyclic) bond motifs is 1. The van der Waals surface area contributed by atoms with Crippen molar-refractivity contribution in [1.29, 1.82) is 0 Å². The second-order valence-corrected chi connectivity index (χ2v) is 6.28. The molecule has 0 saturated heterocycles. The number of aromatic amines is 1. The van der Waals surface area contributed by atoms with E-state index < -0.39 is 10.8 Å². The maximum Gasteiger partial charge on any atom is 0.197 e.